The van der Waals surface area contributed by atoms with E-state index in [0.717, 1.165) is 29.0 Å². The molecular weight excluding hydrogens is 274 g/mol. The SMILES string of the molecule is COc1ccc([C@@H](N)CC(C)C)cc1OCc1ccccc1. The van der Waals surface area contributed by atoms with Gasteiger partial charge in [-0.05, 0) is 35.6 Å². The molecule has 0 aliphatic carbocycles. The van der Waals surface area contributed by atoms with Crippen LogP contribution >= 0.6 is 0 Å². The number of methoxy groups -OCH3 is 1. The van der Waals surface area contributed by atoms with Gasteiger partial charge in [0.1, 0.15) is 6.61 Å². The Bertz CT molecular complexity index is 581. The topological polar surface area (TPSA) is 44.5 Å². The first-order valence-electron chi connectivity index (χ1n) is 7.70. The Morgan fingerprint density at radius 2 is 1.73 bits per heavy atom. The molecule has 0 saturated carbocycles. The number of ether oxygens (including phenoxy) is 2. The Labute approximate surface area is 133 Å². The molecule has 0 amide bonds. The van der Waals surface area contributed by atoms with E-state index in [1.54, 1.807) is 7.11 Å². The van der Waals surface area contributed by atoms with Gasteiger partial charge in [0, 0.05) is 6.04 Å². The van der Waals surface area contributed by atoms with Crippen LogP contribution in [0.15, 0.2) is 48.5 Å². The smallest absolute Gasteiger partial charge is 0.161 e. The van der Waals surface area contributed by atoms with E-state index in [2.05, 4.69) is 13.8 Å². The first-order valence-corrected chi connectivity index (χ1v) is 7.70. The Hall–Kier alpha value is -2.00. The lowest BCUT2D eigenvalue weighted by atomic mass is 9.97. The van der Waals surface area contributed by atoms with Crippen LogP contribution in [0, 0.1) is 5.92 Å². The fourth-order valence-electron chi connectivity index (χ4n) is 2.42. The van der Waals surface area contributed by atoms with Crippen molar-refractivity contribution in [3.63, 3.8) is 0 Å². The summed E-state index contributed by atoms with van der Waals surface area (Å²) < 4.78 is 11.3. The standard InChI is InChI=1S/C19H25NO2/c1-14(2)11-17(20)16-9-10-18(21-3)19(12-16)22-13-15-7-5-4-6-8-15/h4-10,12,14,17H,11,13,20H2,1-3H3/t17-/m0/s1. The van der Waals surface area contributed by atoms with Gasteiger partial charge >= 0.3 is 0 Å². The van der Waals surface area contributed by atoms with Gasteiger partial charge in [0.15, 0.2) is 11.5 Å². The van der Waals surface area contributed by atoms with Gasteiger partial charge in [-0.2, -0.15) is 0 Å². The first-order chi connectivity index (χ1) is 10.6. The van der Waals surface area contributed by atoms with Crippen LogP contribution in [-0.4, -0.2) is 7.11 Å². The van der Waals surface area contributed by atoms with Crippen molar-refractivity contribution in [3.8, 4) is 11.5 Å². The summed E-state index contributed by atoms with van der Waals surface area (Å²) in [4.78, 5) is 0. The van der Waals surface area contributed by atoms with Gasteiger partial charge in [-0.1, -0.05) is 50.2 Å². The molecule has 118 valence electrons. The van der Waals surface area contributed by atoms with E-state index in [1.807, 2.05) is 48.5 Å². The van der Waals surface area contributed by atoms with Gasteiger partial charge in [-0.15, -0.1) is 0 Å². The molecule has 1 atom stereocenters. The van der Waals surface area contributed by atoms with Gasteiger partial charge in [0.2, 0.25) is 0 Å². The lowest BCUT2D eigenvalue weighted by molar-refractivity contribution is 0.284. The molecule has 2 rings (SSSR count). The van der Waals surface area contributed by atoms with E-state index in [4.69, 9.17) is 15.2 Å². The molecule has 3 heteroatoms. The van der Waals surface area contributed by atoms with Crippen molar-refractivity contribution in [2.75, 3.05) is 7.11 Å². The molecular formula is C19H25NO2. The zero-order valence-electron chi connectivity index (χ0n) is 13.6. The number of nitrogens with two attached hydrogens (primary N) is 1. The maximum absolute atomic E-state index is 6.27. The fraction of sp³-hybridized carbons (Fsp3) is 0.368. The zero-order valence-corrected chi connectivity index (χ0v) is 13.6. The summed E-state index contributed by atoms with van der Waals surface area (Å²) in [6.45, 7) is 4.87. The molecule has 2 N–H and O–H groups in total. The Kier molecular flexibility index (Phi) is 5.84. The molecule has 0 bridgehead atoms. The minimum absolute atomic E-state index is 0.0185. The lowest BCUT2D eigenvalue weighted by Crippen LogP contribution is -2.13. The molecule has 0 saturated heterocycles. The molecule has 0 unspecified atom stereocenters. The second kappa shape index (κ2) is 7.85. The van der Waals surface area contributed by atoms with Crippen molar-refractivity contribution in [3.05, 3.63) is 59.7 Å². The van der Waals surface area contributed by atoms with Gasteiger partial charge in [0.25, 0.3) is 0 Å². The predicted molar refractivity (Wildman–Crippen MR) is 90.2 cm³/mol. The van der Waals surface area contributed by atoms with Gasteiger partial charge in [-0.25, -0.2) is 0 Å². The van der Waals surface area contributed by atoms with Crippen molar-refractivity contribution in [1.82, 2.24) is 0 Å². The first kappa shape index (κ1) is 16.4. The summed E-state index contributed by atoms with van der Waals surface area (Å²) >= 11 is 0. The maximum Gasteiger partial charge on any atom is 0.161 e. The predicted octanol–water partition coefficient (Wildman–Crippen LogP) is 4.32. The molecule has 2 aromatic carbocycles. The zero-order chi connectivity index (χ0) is 15.9. The third-order valence-corrected chi connectivity index (χ3v) is 3.58. The molecule has 0 radical (unpaired) electrons. The normalized spacial score (nSPS) is 12.2. The largest absolute Gasteiger partial charge is 0.493 e. The molecule has 2 aromatic rings. The van der Waals surface area contributed by atoms with Crippen LogP contribution in [0.3, 0.4) is 0 Å². The van der Waals surface area contributed by atoms with E-state index < -0.39 is 0 Å². The summed E-state index contributed by atoms with van der Waals surface area (Å²) in [5, 5.41) is 0. The summed E-state index contributed by atoms with van der Waals surface area (Å²) in [6.07, 6.45) is 0.949. The highest BCUT2D eigenvalue weighted by atomic mass is 16.5. The van der Waals surface area contributed by atoms with Crippen molar-refractivity contribution >= 4 is 0 Å². The van der Waals surface area contributed by atoms with Crippen molar-refractivity contribution in [1.29, 1.82) is 0 Å². The molecule has 0 aliphatic rings. The summed E-state index contributed by atoms with van der Waals surface area (Å²) in [6, 6.07) is 16.0. The third-order valence-electron chi connectivity index (χ3n) is 3.58. The van der Waals surface area contributed by atoms with E-state index in [0.29, 0.717) is 12.5 Å². The molecule has 0 spiro atoms. The van der Waals surface area contributed by atoms with Crippen molar-refractivity contribution in [2.24, 2.45) is 11.7 Å². The third kappa shape index (κ3) is 4.50. The van der Waals surface area contributed by atoms with Gasteiger partial charge in [-0.3, -0.25) is 0 Å². The average Bonchev–Trinajstić information content (AvgIpc) is 2.53. The van der Waals surface area contributed by atoms with Crippen LogP contribution in [0.25, 0.3) is 0 Å². The highest BCUT2D eigenvalue weighted by molar-refractivity contribution is 5.44. The average molecular weight is 299 g/mol. The van der Waals surface area contributed by atoms with Gasteiger partial charge in [0.05, 0.1) is 7.11 Å². The molecule has 22 heavy (non-hydrogen) atoms. The molecule has 0 fully saturated rings. The van der Waals surface area contributed by atoms with Crippen molar-refractivity contribution < 1.29 is 9.47 Å². The summed E-state index contributed by atoms with van der Waals surface area (Å²) in [5.41, 5.74) is 8.47. The van der Waals surface area contributed by atoms with Crippen LogP contribution in [0.2, 0.25) is 0 Å². The summed E-state index contributed by atoms with van der Waals surface area (Å²) in [7, 11) is 1.65. The minimum Gasteiger partial charge on any atom is -0.493 e. The van der Waals surface area contributed by atoms with E-state index in [9.17, 15) is 0 Å². The highest BCUT2D eigenvalue weighted by Gasteiger charge is 2.12. The second-order valence-corrected chi connectivity index (χ2v) is 5.92. The second-order valence-electron chi connectivity index (χ2n) is 5.92. The van der Waals surface area contributed by atoms with Crippen LogP contribution in [0.1, 0.15) is 37.4 Å². The molecule has 0 aliphatic heterocycles. The van der Waals surface area contributed by atoms with Crippen LogP contribution in [0.5, 0.6) is 11.5 Å². The highest BCUT2D eigenvalue weighted by Crippen LogP contribution is 2.32. The molecule has 3 nitrogen and oxygen atoms in total. The van der Waals surface area contributed by atoms with Crippen molar-refractivity contribution in [2.45, 2.75) is 32.9 Å². The molecule has 0 aromatic heterocycles. The Morgan fingerprint density at radius 1 is 1.00 bits per heavy atom. The summed E-state index contributed by atoms with van der Waals surface area (Å²) in [5.74, 6) is 2.03. The minimum atomic E-state index is 0.0185. The fourth-order valence-corrected chi connectivity index (χ4v) is 2.42. The van der Waals surface area contributed by atoms with Crippen LogP contribution in [-0.2, 0) is 6.61 Å². The number of benzene rings is 2. The molecule has 0 heterocycles. The van der Waals surface area contributed by atoms with E-state index in [1.165, 1.54) is 0 Å². The monoisotopic (exact) mass is 299 g/mol. The quantitative estimate of drug-likeness (QED) is 0.828. The van der Waals surface area contributed by atoms with Gasteiger partial charge < -0.3 is 15.2 Å². The lowest BCUT2D eigenvalue weighted by Gasteiger charge is -2.17. The van der Waals surface area contributed by atoms with E-state index in [-0.39, 0.29) is 6.04 Å². The Balaban J connectivity index is 2.14. The van der Waals surface area contributed by atoms with Crippen LogP contribution in [0.4, 0.5) is 0 Å². The maximum atomic E-state index is 6.27. The number of rotatable bonds is 7. The number of hydrogen-bond donors (Lipinski definition) is 1. The Morgan fingerprint density at radius 3 is 2.36 bits per heavy atom. The van der Waals surface area contributed by atoms with E-state index >= 15 is 0 Å². The number of hydrogen-bond acceptors (Lipinski definition) is 3. The van der Waals surface area contributed by atoms with Crippen LogP contribution < -0.4 is 15.2 Å².